The maximum absolute atomic E-state index is 12.0. The largest absolute Gasteiger partial charge is 0.505 e. The van der Waals surface area contributed by atoms with Crippen LogP contribution in [0.25, 0.3) is 0 Å². The molecular formula is C13H18N2O5. The van der Waals surface area contributed by atoms with Crippen molar-refractivity contribution in [3.63, 3.8) is 0 Å². The number of aliphatic hydroxyl groups is 1. The lowest BCUT2D eigenvalue weighted by Crippen LogP contribution is -2.35. The van der Waals surface area contributed by atoms with Gasteiger partial charge in [-0.2, -0.15) is 0 Å². The molecule has 0 bridgehead atoms. The number of carbonyl (C=O) groups excluding carboxylic acids is 1. The lowest BCUT2D eigenvalue weighted by atomic mass is 10.1. The number of para-hydroxylation sites is 1. The Morgan fingerprint density at radius 1 is 1.35 bits per heavy atom. The summed E-state index contributed by atoms with van der Waals surface area (Å²) in [5.41, 5.74) is -0.237. The summed E-state index contributed by atoms with van der Waals surface area (Å²) in [6, 6.07) is 3.64. The van der Waals surface area contributed by atoms with Gasteiger partial charge >= 0.3 is 12.0 Å². The van der Waals surface area contributed by atoms with Gasteiger partial charge in [-0.15, -0.1) is 0 Å². The van der Waals surface area contributed by atoms with Crippen molar-refractivity contribution in [3.05, 3.63) is 23.8 Å². The molecule has 0 saturated carbocycles. The van der Waals surface area contributed by atoms with E-state index in [0.717, 1.165) is 0 Å². The van der Waals surface area contributed by atoms with Gasteiger partial charge in [-0.25, -0.2) is 9.59 Å². The van der Waals surface area contributed by atoms with Gasteiger partial charge in [-0.3, -0.25) is 0 Å². The SMILES string of the molecule is CCN(CCCO)C(=O)Nc1cccc(C(=O)O)c1O. The van der Waals surface area contributed by atoms with Crippen molar-refractivity contribution >= 4 is 17.7 Å². The van der Waals surface area contributed by atoms with E-state index in [1.165, 1.54) is 23.1 Å². The molecule has 110 valence electrons. The Morgan fingerprint density at radius 2 is 2.05 bits per heavy atom. The van der Waals surface area contributed by atoms with Crippen LogP contribution in [0.15, 0.2) is 18.2 Å². The molecule has 0 fully saturated rings. The maximum Gasteiger partial charge on any atom is 0.339 e. The number of aromatic carboxylic acids is 1. The van der Waals surface area contributed by atoms with Crippen molar-refractivity contribution in [2.24, 2.45) is 0 Å². The highest BCUT2D eigenvalue weighted by molar-refractivity contribution is 5.97. The summed E-state index contributed by atoms with van der Waals surface area (Å²) in [5, 5.41) is 29.9. The van der Waals surface area contributed by atoms with E-state index >= 15 is 0 Å². The van der Waals surface area contributed by atoms with Crippen LogP contribution < -0.4 is 5.32 Å². The number of urea groups is 1. The molecule has 0 aliphatic rings. The van der Waals surface area contributed by atoms with Crippen LogP contribution in [0.5, 0.6) is 5.75 Å². The van der Waals surface area contributed by atoms with Gasteiger partial charge in [-0.1, -0.05) is 6.07 Å². The van der Waals surface area contributed by atoms with E-state index in [2.05, 4.69) is 5.32 Å². The Labute approximate surface area is 116 Å². The van der Waals surface area contributed by atoms with E-state index in [1.54, 1.807) is 6.92 Å². The molecule has 0 aliphatic carbocycles. The number of hydrogen-bond acceptors (Lipinski definition) is 4. The van der Waals surface area contributed by atoms with Crippen molar-refractivity contribution in [2.45, 2.75) is 13.3 Å². The zero-order chi connectivity index (χ0) is 15.1. The number of carboxylic acids is 1. The first-order valence-corrected chi connectivity index (χ1v) is 6.23. The molecule has 1 aromatic carbocycles. The second kappa shape index (κ2) is 7.34. The highest BCUT2D eigenvalue weighted by Gasteiger charge is 2.17. The third-order valence-corrected chi connectivity index (χ3v) is 2.76. The fourth-order valence-electron chi connectivity index (χ4n) is 1.68. The molecule has 7 heteroatoms. The Balaban J connectivity index is 2.84. The number of carbonyl (C=O) groups is 2. The number of anilines is 1. The van der Waals surface area contributed by atoms with Crippen LogP contribution in [0, 0.1) is 0 Å². The van der Waals surface area contributed by atoms with E-state index in [9.17, 15) is 14.7 Å². The van der Waals surface area contributed by atoms with E-state index in [0.29, 0.717) is 19.5 Å². The number of rotatable bonds is 6. The molecule has 0 heterocycles. The van der Waals surface area contributed by atoms with Crippen LogP contribution in [-0.4, -0.2) is 51.9 Å². The number of nitrogens with one attached hydrogen (secondary N) is 1. The standard InChI is InChI=1S/C13H18N2O5/c1-2-15(7-4-8-16)13(20)14-10-6-3-5-9(11(10)17)12(18)19/h3,5-6,16-17H,2,4,7-8H2,1H3,(H,14,20)(H,18,19). The van der Waals surface area contributed by atoms with Crippen molar-refractivity contribution in [1.29, 1.82) is 0 Å². The Morgan fingerprint density at radius 3 is 2.60 bits per heavy atom. The predicted octanol–water partition coefficient (Wildman–Crippen LogP) is 1.33. The fraction of sp³-hybridized carbons (Fsp3) is 0.385. The van der Waals surface area contributed by atoms with E-state index in [-0.39, 0.29) is 17.9 Å². The maximum atomic E-state index is 12.0. The van der Waals surface area contributed by atoms with Crippen LogP contribution in [0.4, 0.5) is 10.5 Å². The first kappa shape index (κ1) is 15.8. The molecule has 1 aromatic rings. The molecule has 0 atom stereocenters. The third-order valence-electron chi connectivity index (χ3n) is 2.76. The topological polar surface area (TPSA) is 110 Å². The van der Waals surface area contributed by atoms with Crippen LogP contribution >= 0.6 is 0 Å². The van der Waals surface area contributed by atoms with Crippen molar-refractivity contribution < 1.29 is 24.9 Å². The second-order valence-corrected chi connectivity index (χ2v) is 4.09. The number of benzene rings is 1. The molecule has 0 aliphatic heterocycles. The van der Waals surface area contributed by atoms with E-state index in [4.69, 9.17) is 10.2 Å². The quantitative estimate of drug-likeness (QED) is 0.588. The minimum absolute atomic E-state index is 0.0243. The van der Waals surface area contributed by atoms with Gasteiger partial charge in [0.1, 0.15) is 5.56 Å². The molecule has 0 aromatic heterocycles. The lowest BCUT2D eigenvalue weighted by molar-refractivity contribution is 0.0693. The molecule has 0 radical (unpaired) electrons. The highest BCUT2D eigenvalue weighted by atomic mass is 16.4. The van der Waals surface area contributed by atoms with Crippen molar-refractivity contribution in [3.8, 4) is 5.75 Å². The zero-order valence-corrected chi connectivity index (χ0v) is 11.2. The number of phenols is 1. The van der Waals surface area contributed by atoms with Gasteiger partial charge < -0.3 is 25.5 Å². The minimum atomic E-state index is -1.27. The molecular weight excluding hydrogens is 264 g/mol. The van der Waals surface area contributed by atoms with E-state index in [1.807, 2.05) is 0 Å². The fourth-order valence-corrected chi connectivity index (χ4v) is 1.68. The molecule has 0 unspecified atom stereocenters. The second-order valence-electron chi connectivity index (χ2n) is 4.09. The average molecular weight is 282 g/mol. The third kappa shape index (κ3) is 3.86. The van der Waals surface area contributed by atoms with Gasteiger partial charge in [-0.05, 0) is 25.5 Å². The van der Waals surface area contributed by atoms with Gasteiger partial charge in [0.25, 0.3) is 0 Å². The van der Waals surface area contributed by atoms with Crippen LogP contribution in [0.3, 0.4) is 0 Å². The molecule has 0 spiro atoms. The zero-order valence-electron chi connectivity index (χ0n) is 11.2. The highest BCUT2D eigenvalue weighted by Crippen LogP contribution is 2.27. The summed E-state index contributed by atoms with van der Waals surface area (Å²) in [7, 11) is 0. The molecule has 4 N–H and O–H groups in total. The number of hydrogen-bond donors (Lipinski definition) is 4. The number of nitrogens with zero attached hydrogens (tertiary/aromatic N) is 1. The van der Waals surface area contributed by atoms with Crippen LogP contribution in [-0.2, 0) is 0 Å². The predicted molar refractivity (Wildman–Crippen MR) is 73.0 cm³/mol. The lowest BCUT2D eigenvalue weighted by Gasteiger charge is -2.21. The molecule has 0 saturated heterocycles. The Bertz CT molecular complexity index is 490. The Hall–Kier alpha value is -2.28. The monoisotopic (exact) mass is 282 g/mol. The van der Waals surface area contributed by atoms with Crippen molar-refractivity contribution in [1.82, 2.24) is 4.90 Å². The number of aromatic hydroxyl groups is 1. The van der Waals surface area contributed by atoms with Gasteiger partial charge in [0, 0.05) is 19.7 Å². The molecule has 2 amide bonds. The molecule has 7 nitrogen and oxygen atoms in total. The normalized spacial score (nSPS) is 10.1. The summed E-state index contributed by atoms with van der Waals surface area (Å²) in [6.07, 6.45) is 0.447. The van der Waals surface area contributed by atoms with Crippen LogP contribution in [0.1, 0.15) is 23.7 Å². The first-order chi connectivity index (χ1) is 9.51. The molecule has 20 heavy (non-hydrogen) atoms. The summed E-state index contributed by atoms with van der Waals surface area (Å²) >= 11 is 0. The summed E-state index contributed by atoms with van der Waals surface area (Å²) in [4.78, 5) is 24.3. The smallest absolute Gasteiger partial charge is 0.339 e. The molecule has 1 rings (SSSR count). The van der Waals surface area contributed by atoms with Gasteiger partial charge in [0.2, 0.25) is 0 Å². The summed E-state index contributed by atoms with van der Waals surface area (Å²) in [5.74, 6) is -1.75. The van der Waals surface area contributed by atoms with Gasteiger partial charge in [0.15, 0.2) is 5.75 Å². The average Bonchev–Trinajstić information content (AvgIpc) is 2.41. The number of carboxylic acid groups (broad SMARTS) is 1. The van der Waals surface area contributed by atoms with Gasteiger partial charge in [0.05, 0.1) is 5.69 Å². The summed E-state index contributed by atoms with van der Waals surface area (Å²) in [6.45, 7) is 2.57. The Kier molecular flexibility index (Phi) is 5.79. The number of aliphatic hydroxyl groups excluding tert-OH is 1. The number of amides is 2. The van der Waals surface area contributed by atoms with Crippen molar-refractivity contribution in [2.75, 3.05) is 25.0 Å². The van der Waals surface area contributed by atoms with Crippen LogP contribution in [0.2, 0.25) is 0 Å². The van der Waals surface area contributed by atoms with E-state index < -0.39 is 17.7 Å². The summed E-state index contributed by atoms with van der Waals surface area (Å²) < 4.78 is 0. The minimum Gasteiger partial charge on any atom is -0.505 e. The first-order valence-electron chi connectivity index (χ1n) is 6.23.